The second kappa shape index (κ2) is 4.42. The van der Waals surface area contributed by atoms with Crippen LogP contribution in [0.3, 0.4) is 0 Å². The first-order valence-electron chi connectivity index (χ1n) is 4.34. The van der Waals surface area contributed by atoms with Crippen LogP contribution < -0.4 is 4.74 Å². The number of aryl methyl sites for hydroxylation is 1. The molecule has 88 valence electrons. The van der Waals surface area contributed by atoms with Crippen molar-refractivity contribution in [2.75, 3.05) is 6.61 Å². The predicted molar refractivity (Wildman–Crippen MR) is 49.7 cm³/mol. The topological polar surface area (TPSA) is 46.5 Å². The molecule has 6 heteroatoms. The van der Waals surface area contributed by atoms with E-state index in [9.17, 15) is 18.0 Å². The molecule has 0 aliphatic heterocycles. The van der Waals surface area contributed by atoms with Gasteiger partial charge in [0.15, 0.2) is 6.61 Å². The van der Waals surface area contributed by atoms with Crippen LogP contribution in [0.5, 0.6) is 5.75 Å². The Kier molecular flexibility index (Phi) is 3.41. The Labute approximate surface area is 89.5 Å². The summed E-state index contributed by atoms with van der Waals surface area (Å²) >= 11 is 0. The molecule has 0 fully saturated rings. The number of halogens is 3. The number of carboxylic acid groups (broad SMARTS) is 1. The number of aromatic carboxylic acids is 1. The Bertz CT molecular complexity index is 399. The minimum absolute atomic E-state index is 0.243. The van der Waals surface area contributed by atoms with Crippen LogP contribution >= 0.6 is 0 Å². The predicted octanol–water partition coefficient (Wildman–Crippen LogP) is 2.63. The molecule has 0 aliphatic carbocycles. The van der Waals surface area contributed by atoms with Gasteiger partial charge in [-0.05, 0) is 18.6 Å². The molecule has 0 atom stereocenters. The van der Waals surface area contributed by atoms with E-state index < -0.39 is 18.8 Å². The molecule has 0 heterocycles. The summed E-state index contributed by atoms with van der Waals surface area (Å²) in [6.07, 6.45) is -4.49. The normalized spacial score (nSPS) is 11.2. The highest BCUT2D eigenvalue weighted by Gasteiger charge is 2.29. The van der Waals surface area contributed by atoms with Gasteiger partial charge in [0.05, 0.1) is 0 Å². The van der Waals surface area contributed by atoms with Crippen LogP contribution in [0, 0.1) is 6.92 Å². The van der Waals surface area contributed by atoms with Crippen molar-refractivity contribution in [3.63, 3.8) is 0 Å². The fourth-order valence-electron chi connectivity index (χ4n) is 1.17. The van der Waals surface area contributed by atoms with E-state index >= 15 is 0 Å². The first-order valence-corrected chi connectivity index (χ1v) is 4.34. The number of hydrogen-bond donors (Lipinski definition) is 1. The monoisotopic (exact) mass is 234 g/mol. The van der Waals surface area contributed by atoms with Gasteiger partial charge in [-0.15, -0.1) is 0 Å². The summed E-state index contributed by atoms with van der Waals surface area (Å²) < 4.78 is 40.3. The Morgan fingerprint density at radius 2 is 2.06 bits per heavy atom. The number of carbonyl (C=O) groups is 1. The van der Waals surface area contributed by atoms with Gasteiger partial charge in [0, 0.05) is 0 Å². The SMILES string of the molecule is Cc1cccc(C(=O)O)c1OCC(F)(F)F. The molecule has 0 aromatic heterocycles. The Morgan fingerprint density at radius 3 is 2.56 bits per heavy atom. The zero-order chi connectivity index (χ0) is 12.3. The average molecular weight is 234 g/mol. The third-order valence-corrected chi connectivity index (χ3v) is 1.82. The van der Waals surface area contributed by atoms with E-state index in [1.165, 1.54) is 25.1 Å². The van der Waals surface area contributed by atoms with Crippen molar-refractivity contribution < 1.29 is 27.8 Å². The molecular weight excluding hydrogens is 225 g/mol. The minimum Gasteiger partial charge on any atom is -0.483 e. The van der Waals surface area contributed by atoms with Crippen LogP contribution in [0.1, 0.15) is 15.9 Å². The first kappa shape index (κ1) is 12.4. The highest BCUT2D eigenvalue weighted by Crippen LogP contribution is 2.25. The molecule has 0 unspecified atom stereocenters. The lowest BCUT2D eigenvalue weighted by atomic mass is 10.1. The van der Waals surface area contributed by atoms with Crippen molar-refractivity contribution in [1.82, 2.24) is 0 Å². The van der Waals surface area contributed by atoms with Crippen molar-refractivity contribution in [1.29, 1.82) is 0 Å². The van der Waals surface area contributed by atoms with Gasteiger partial charge in [-0.2, -0.15) is 13.2 Å². The number of alkyl halides is 3. The zero-order valence-electron chi connectivity index (χ0n) is 8.34. The van der Waals surface area contributed by atoms with Crippen molar-refractivity contribution in [3.05, 3.63) is 29.3 Å². The van der Waals surface area contributed by atoms with Gasteiger partial charge in [-0.25, -0.2) is 4.79 Å². The van der Waals surface area contributed by atoms with Crippen LogP contribution in [0.2, 0.25) is 0 Å². The van der Waals surface area contributed by atoms with Crippen LogP contribution in [0.25, 0.3) is 0 Å². The van der Waals surface area contributed by atoms with Crippen molar-refractivity contribution in [2.45, 2.75) is 13.1 Å². The molecule has 1 N–H and O–H groups in total. The molecule has 1 aromatic carbocycles. The fraction of sp³-hybridized carbons (Fsp3) is 0.300. The smallest absolute Gasteiger partial charge is 0.422 e. The number of carboxylic acids is 1. The van der Waals surface area contributed by atoms with E-state index in [-0.39, 0.29) is 11.3 Å². The van der Waals surface area contributed by atoms with Crippen molar-refractivity contribution in [2.24, 2.45) is 0 Å². The maximum absolute atomic E-state index is 11.9. The van der Waals surface area contributed by atoms with Gasteiger partial charge in [-0.3, -0.25) is 0 Å². The molecule has 0 saturated heterocycles. The van der Waals surface area contributed by atoms with E-state index in [1.54, 1.807) is 0 Å². The molecule has 0 bridgehead atoms. The fourth-order valence-corrected chi connectivity index (χ4v) is 1.17. The highest BCUT2D eigenvalue weighted by atomic mass is 19.4. The molecule has 0 aliphatic rings. The van der Waals surface area contributed by atoms with Crippen molar-refractivity contribution in [3.8, 4) is 5.75 Å². The highest BCUT2D eigenvalue weighted by molar-refractivity contribution is 5.91. The molecule has 0 spiro atoms. The van der Waals surface area contributed by atoms with Gasteiger partial charge < -0.3 is 9.84 Å². The minimum atomic E-state index is -4.49. The lowest BCUT2D eigenvalue weighted by Gasteiger charge is -2.13. The van der Waals surface area contributed by atoms with Crippen LogP contribution in [0.4, 0.5) is 13.2 Å². The second-order valence-corrected chi connectivity index (χ2v) is 3.16. The number of benzene rings is 1. The quantitative estimate of drug-likeness (QED) is 0.874. The summed E-state index contributed by atoms with van der Waals surface area (Å²) in [7, 11) is 0. The first-order chi connectivity index (χ1) is 7.31. The summed E-state index contributed by atoms with van der Waals surface area (Å²) in [5.41, 5.74) is 0.0772. The molecule has 0 saturated carbocycles. The van der Waals surface area contributed by atoms with Gasteiger partial charge in [0.25, 0.3) is 0 Å². The average Bonchev–Trinajstić information content (AvgIpc) is 2.13. The third kappa shape index (κ3) is 3.15. The van der Waals surface area contributed by atoms with E-state index in [0.29, 0.717) is 5.56 Å². The molecule has 0 amide bonds. The van der Waals surface area contributed by atoms with E-state index in [4.69, 9.17) is 5.11 Å². The lowest BCUT2D eigenvalue weighted by Crippen LogP contribution is -2.20. The summed E-state index contributed by atoms with van der Waals surface area (Å²) in [6.45, 7) is -0.0176. The molecular formula is C10H9F3O3. The van der Waals surface area contributed by atoms with Gasteiger partial charge in [0.1, 0.15) is 11.3 Å². The lowest BCUT2D eigenvalue weighted by molar-refractivity contribution is -0.153. The van der Waals surface area contributed by atoms with Gasteiger partial charge in [0.2, 0.25) is 0 Å². The molecule has 1 rings (SSSR count). The Morgan fingerprint density at radius 1 is 1.44 bits per heavy atom. The molecule has 3 nitrogen and oxygen atoms in total. The number of ether oxygens (including phenoxy) is 1. The summed E-state index contributed by atoms with van der Waals surface area (Å²) in [6, 6.07) is 4.12. The molecule has 1 aromatic rings. The maximum atomic E-state index is 11.9. The van der Waals surface area contributed by atoms with Gasteiger partial charge in [-0.1, -0.05) is 12.1 Å². The third-order valence-electron chi connectivity index (χ3n) is 1.82. The van der Waals surface area contributed by atoms with Crippen molar-refractivity contribution >= 4 is 5.97 Å². The maximum Gasteiger partial charge on any atom is 0.422 e. The molecule has 0 radical (unpaired) electrons. The van der Waals surface area contributed by atoms with Crippen LogP contribution in [-0.4, -0.2) is 23.9 Å². The largest absolute Gasteiger partial charge is 0.483 e. The van der Waals surface area contributed by atoms with Gasteiger partial charge >= 0.3 is 12.1 Å². The number of rotatable bonds is 3. The molecule has 16 heavy (non-hydrogen) atoms. The summed E-state index contributed by atoms with van der Waals surface area (Å²) in [5, 5.41) is 8.76. The Balaban J connectivity index is 2.98. The van der Waals surface area contributed by atoms with E-state index in [1.807, 2.05) is 0 Å². The Hall–Kier alpha value is -1.72. The van der Waals surface area contributed by atoms with Crippen LogP contribution in [0.15, 0.2) is 18.2 Å². The second-order valence-electron chi connectivity index (χ2n) is 3.16. The number of para-hydroxylation sites is 1. The van der Waals surface area contributed by atoms with E-state index in [2.05, 4.69) is 4.74 Å². The standard InChI is InChI=1S/C10H9F3O3/c1-6-3-2-4-7(9(14)15)8(6)16-5-10(11,12)13/h2-4H,5H2,1H3,(H,14,15). The summed E-state index contributed by atoms with van der Waals surface area (Å²) in [5.74, 6) is -1.56. The number of hydrogen-bond acceptors (Lipinski definition) is 2. The zero-order valence-corrected chi connectivity index (χ0v) is 8.34. The summed E-state index contributed by atoms with van der Waals surface area (Å²) in [4.78, 5) is 10.7. The van der Waals surface area contributed by atoms with Crippen LogP contribution in [-0.2, 0) is 0 Å². The van der Waals surface area contributed by atoms with E-state index in [0.717, 1.165) is 0 Å².